The first kappa shape index (κ1) is 14.6. The molecule has 0 atom stereocenters. The summed E-state index contributed by atoms with van der Waals surface area (Å²) in [6, 6.07) is 5.89. The van der Waals surface area contributed by atoms with Crippen molar-refractivity contribution in [2.24, 2.45) is 0 Å². The van der Waals surface area contributed by atoms with Crippen LogP contribution < -0.4 is 4.90 Å². The lowest BCUT2D eigenvalue weighted by Crippen LogP contribution is -2.34. The van der Waals surface area contributed by atoms with E-state index in [9.17, 15) is 9.18 Å². The van der Waals surface area contributed by atoms with Gasteiger partial charge in [-0.05, 0) is 24.3 Å². The molecule has 1 aliphatic rings. The summed E-state index contributed by atoms with van der Waals surface area (Å²) in [6.07, 6.45) is 2.41. The molecule has 120 valence electrons. The van der Waals surface area contributed by atoms with Gasteiger partial charge in [0.2, 0.25) is 5.65 Å². The summed E-state index contributed by atoms with van der Waals surface area (Å²) in [5.74, 6) is 0.955. The number of fused-ring (bicyclic) bond motifs is 1. The SMILES string of the molecule is O=C1CCN(c2ncnc3nnc(-c4ccc(F)cc4)nc23)CC1. The van der Waals surface area contributed by atoms with Crippen LogP contribution in [0.4, 0.5) is 10.2 Å². The van der Waals surface area contributed by atoms with Gasteiger partial charge in [-0.15, -0.1) is 10.2 Å². The summed E-state index contributed by atoms with van der Waals surface area (Å²) in [7, 11) is 0. The molecule has 2 aromatic heterocycles. The molecule has 3 aromatic rings. The van der Waals surface area contributed by atoms with Gasteiger partial charge in [-0.3, -0.25) is 4.79 Å². The maximum atomic E-state index is 13.1. The zero-order chi connectivity index (χ0) is 16.5. The zero-order valence-electron chi connectivity index (χ0n) is 12.7. The molecule has 0 N–H and O–H groups in total. The number of anilines is 1. The van der Waals surface area contributed by atoms with Crippen LogP contribution >= 0.6 is 0 Å². The van der Waals surface area contributed by atoms with E-state index in [1.807, 2.05) is 4.90 Å². The van der Waals surface area contributed by atoms with Crippen LogP contribution in [0.15, 0.2) is 30.6 Å². The van der Waals surface area contributed by atoms with Crippen molar-refractivity contribution in [3.05, 3.63) is 36.4 Å². The lowest BCUT2D eigenvalue weighted by molar-refractivity contribution is -0.119. The van der Waals surface area contributed by atoms with Gasteiger partial charge in [0.15, 0.2) is 17.2 Å². The van der Waals surface area contributed by atoms with Crippen molar-refractivity contribution in [3.63, 3.8) is 0 Å². The average molecular weight is 324 g/mol. The Morgan fingerprint density at radius 3 is 2.50 bits per heavy atom. The standard InChI is InChI=1S/C16H13FN6O/c17-11-3-1-10(2-4-11)14-20-13-15(22-21-14)18-9-19-16(13)23-7-5-12(24)6-8-23/h1-4,9H,5-8H2. The number of aromatic nitrogens is 5. The summed E-state index contributed by atoms with van der Waals surface area (Å²) in [4.78, 5) is 26.4. The highest BCUT2D eigenvalue weighted by molar-refractivity contribution is 5.86. The van der Waals surface area contributed by atoms with Crippen molar-refractivity contribution in [1.82, 2.24) is 25.1 Å². The van der Waals surface area contributed by atoms with Crippen LogP contribution in [-0.4, -0.2) is 44.0 Å². The second-order valence-corrected chi connectivity index (χ2v) is 5.54. The largest absolute Gasteiger partial charge is 0.354 e. The monoisotopic (exact) mass is 324 g/mol. The highest BCUT2D eigenvalue weighted by Gasteiger charge is 2.21. The third-order valence-electron chi connectivity index (χ3n) is 3.96. The van der Waals surface area contributed by atoms with E-state index >= 15 is 0 Å². The fraction of sp³-hybridized carbons (Fsp3) is 0.250. The Morgan fingerprint density at radius 2 is 1.75 bits per heavy atom. The van der Waals surface area contributed by atoms with E-state index in [4.69, 9.17) is 0 Å². The van der Waals surface area contributed by atoms with Crippen LogP contribution in [0.1, 0.15) is 12.8 Å². The quantitative estimate of drug-likeness (QED) is 0.710. The van der Waals surface area contributed by atoms with Gasteiger partial charge in [0, 0.05) is 31.5 Å². The van der Waals surface area contributed by atoms with Gasteiger partial charge in [0.25, 0.3) is 0 Å². The first-order chi connectivity index (χ1) is 11.7. The number of rotatable bonds is 2. The molecule has 8 heteroatoms. The molecule has 1 fully saturated rings. The maximum Gasteiger partial charge on any atom is 0.205 e. The Bertz CT molecular complexity index is 904. The predicted molar refractivity (Wildman–Crippen MR) is 84.8 cm³/mol. The number of Topliss-reactive ketones (excluding diaryl/α,β-unsaturated/α-hetero) is 1. The van der Waals surface area contributed by atoms with Crippen molar-refractivity contribution in [2.45, 2.75) is 12.8 Å². The normalized spacial score (nSPS) is 15.0. The molecule has 1 aromatic carbocycles. The molecule has 0 spiro atoms. The van der Waals surface area contributed by atoms with Crippen molar-refractivity contribution in [3.8, 4) is 11.4 Å². The molecule has 1 saturated heterocycles. The summed E-state index contributed by atoms with van der Waals surface area (Å²) >= 11 is 0. The number of nitrogens with zero attached hydrogens (tertiary/aromatic N) is 6. The van der Waals surface area contributed by atoms with Crippen LogP contribution in [0.3, 0.4) is 0 Å². The summed E-state index contributed by atoms with van der Waals surface area (Å²) < 4.78 is 13.1. The van der Waals surface area contributed by atoms with E-state index < -0.39 is 0 Å². The highest BCUT2D eigenvalue weighted by Crippen LogP contribution is 2.24. The third-order valence-corrected chi connectivity index (χ3v) is 3.96. The fourth-order valence-corrected chi connectivity index (χ4v) is 2.68. The van der Waals surface area contributed by atoms with Crippen molar-refractivity contribution in [1.29, 1.82) is 0 Å². The molecular weight excluding hydrogens is 311 g/mol. The lowest BCUT2D eigenvalue weighted by Gasteiger charge is -2.27. The minimum absolute atomic E-state index is 0.254. The van der Waals surface area contributed by atoms with Crippen molar-refractivity contribution in [2.75, 3.05) is 18.0 Å². The van der Waals surface area contributed by atoms with Crippen LogP contribution in [0, 0.1) is 5.82 Å². The van der Waals surface area contributed by atoms with E-state index in [-0.39, 0.29) is 11.6 Å². The molecule has 1 aliphatic heterocycles. The van der Waals surface area contributed by atoms with Crippen LogP contribution in [0.2, 0.25) is 0 Å². The predicted octanol–water partition coefficient (Wildman–Crippen LogP) is 1.79. The van der Waals surface area contributed by atoms with E-state index in [2.05, 4.69) is 25.1 Å². The van der Waals surface area contributed by atoms with Gasteiger partial charge in [0.1, 0.15) is 17.9 Å². The maximum absolute atomic E-state index is 13.1. The molecule has 0 bridgehead atoms. The second kappa shape index (κ2) is 5.88. The number of piperidine rings is 1. The first-order valence-electron chi connectivity index (χ1n) is 7.59. The van der Waals surface area contributed by atoms with Crippen molar-refractivity contribution >= 4 is 22.8 Å². The highest BCUT2D eigenvalue weighted by atomic mass is 19.1. The fourth-order valence-electron chi connectivity index (χ4n) is 2.68. The molecule has 0 radical (unpaired) electrons. The number of halogens is 1. The number of carbonyl (C=O) groups excluding carboxylic acids is 1. The summed E-state index contributed by atoms with van der Waals surface area (Å²) in [5.41, 5.74) is 1.58. The summed E-state index contributed by atoms with van der Waals surface area (Å²) in [5, 5.41) is 8.16. The first-order valence-corrected chi connectivity index (χ1v) is 7.59. The van der Waals surface area contributed by atoms with Gasteiger partial charge in [-0.25, -0.2) is 19.3 Å². The molecule has 24 heavy (non-hydrogen) atoms. The third kappa shape index (κ3) is 2.66. The molecule has 0 aliphatic carbocycles. The van der Waals surface area contributed by atoms with E-state index in [0.29, 0.717) is 54.3 Å². The number of ketones is 1. The molecule has 0 saturated carbocycles. The van der Waals surface area contributed by atoms with Crippen molar-refractivity contribution < 1.29 is 9.18 Å². The molecule has 0 unspecified atom stereocenters. The van der Waals surface area contributed by atoms with Gasteiger partial charge < -0.3 is 4.90 Å². The van der Waals surface area contributed by atoms with E-state index in [0.717, 1.165) is 0 Å². The van der Waals surface area contributed by atoms with E-state index in [1.54, 1.807) is 12.1 Å². The lowest BCUT2D eigenvalue weighted by atomic mass is 10.1. The second-order valence-electron chi connectivity index (χ2n) is 5.54. The molecule has 3 heterocycles. The summed E-state index contributed by atoms with van der Waals surface area (Å²) in [6.45, 7) is 1.20. The molecule has 4 rings (SSSR count). The Hall–Kier alpha value is -3.03. The molecular formula is C16H13FN6O. The average Bonchev–Trinajstić information content (AvgIpc) is 2.62. The Kier molecular flexibility index (Phi) is 3.56. The number of carbonyl (C=O) groups is 1. The topological polar surface area (TPSA) is 84.8 Å². The number of hydrogen-bond donors (Lipinski definition) is 0. The number of benzene rings is 1. The Morgan fingerprint density at radius 1 is 1.00 bits per heavy atom. The molecule has 0 amide bonds. The van der Waals surface area contributed by atoms with Crippen LogP contribution in [0.25, 0.3) is 22.6 Å². The zero-order valence-corrected chi connectivity index (χ0v) is 12.7. The van der Waals surface area contributed by atoms with Crippen LogP contribution in [-0.2, 0) is 4.79 Å². The molecule has 7 nitrogen and oxygen atoms in total. The Labute approximate surface area is 136 Å². The van der Waals surface area contributed by atoms with Gasteiger partial charge >= 0.3 is 0 Å². The van der Waals surface area contributed by atoms with E-state index in [1.165, 1.54) is 18.5 Å². The smallest absolute Gasteiger partial charge is 0.205 e. The number of hydrogen-bond acceptors (Lipinski definition) is 7. The van der Waals surface area contributed by atoms with Gasteiger partial charge in [-0.1, -0.05) is 0 Å². The van der Waals surface area contributed by atoms with Crippen LogP contribution in [0.5, 0.6) is 0 Å². The van der Waals surface area contributed by atoms with Gasteiger partial charge in [0.05, 0.1) is 0 Å². The minimum atomic E-state index is -0.325. The minimum Gasteiger partial charge on any atom is -0.354 e. The Balaban J connectivity index is 1.78. The van der Waals surface area contributed by atoms with Gasteiger partial charge in [-0.2, -0.15) is 0 Å².